The molecule has 0 aromatic heterocycles. The number of rotatable bonds is 9. The highest BCUT2D eigenvalue weighted by Crippen LogP contribution is 2.29. The first kappa shape index (κ1) is 20.7. The molecular formula is C23H27NO5. The summed E-state index contributed by atoms with van der Waals surface area (Å²) >= 11 is 0. The van der Waals surface area contributed by atoms with Crippen LogP contribution in [0.15, 0.2) is 48.5 Å². The molecule has 6 heteroatoms. The molecule has 3 rings (SSSR count). The molecule has 2 aromatic carbocycles. The number of carbonyl (C=O) groups excluding carboxylic acids is 2. The Balaban J connectivity index is 1.44. The minimum Gasteiger partial charge on any atom is -0.490 e. The second-order valence-corrected chi connectivity index (χ2v) is 6.96. The maximum atomic E-state index is 12.2. The summed E-state index contributed by atoms with van der Waals surface area (Å²) in [5.74, 6) is 0.137. The van der Waals surface area contributed by atoms with Gasteiger partial charge in [-0.3, -0.25) is 4.79 Å². The second kappa shape index (κ2) is 10.5. The van der Waals surface area contributed by atoms with E-state index in [0.29, 0.717) is 18.1 Å². The summed E-state index contributed by atoms with van der Waals surface area (Å²) in [4.78, 5) is 24.2. The zero-order valence-corrected chi connectivity index (χ0v) is 16.7. The Morgan fingerprint density at radius 1 is 1.00 bits per heavy atom. The molecule has 6 nitrogen and oxygen atoms in total. The first-order valence-corrected chi connectivity index (χ1v) is 10.0. The predicted octanol–water partition coefficient (Wildman–Crippen LogP) is 3.59. The van der Waals surface area contributed by atoms with E-state index in [9.17, 15) is 9.59 Å². The zero-order valence-electron chi connectivity index (χ0n) is 16.7. The number of nitrogens with one attached hydrogen (secondary N) is 1. The summed E-state index contributed by atoms with van der Waals surface area (Å²) in [6.45, 7) is 1.97. The van der Waals surface area contributed by atoms with E-state index in [2.05, 4.69) is 11.4 Å². The molecule has 0 saturated carbocycles. The third-order valence-electron chi connectivity index (χ3n) is 4.73. The molecule has 154 valence electrons. The lowest BCUT2D eigenvalue weighted by Gasteiger charge is -2.26. The molecule has 1 aliphatic carbocycles. The fourth-order valence-corrected chi connectivity index (χ4v) is 3.36. The van der Waals surface area contributed by atoms with E-state index in [4.69, 9.17) is 14.2 Å². The number of benzene rings is 2. The molecule has 29 heavy (non-hydrogen) atoms. The van der Waals surface area contributed by atoms with Gasteiger partial charge in [-0.1, -0.05) is 43.3 Å². The van der Waals surface area contributed by atoms with Crippen molar-refractivity contribution in [1.29, 1.82) is 0 Å². The number of fused-ring (bicyclic) bond motifs is 1. The van der Waals surface area contributed by atoms with E-state index < -0.39 is 5.97 Å². The van der Waals surface area contributed by atoms with Crippen molar-refractivity contribution in [3.05, 3.63) is 59.7 Å². The van der Waals surface area contributed by atoms with Gasteiger partial charge in [0.25, 0.3) is 5.91 Å². The number of esters is 1. The molecule has 0 radical (unpaired) electrons. The van der Waals surface area contributed by atoms with Crippen LogP contribution in [0.4, 0.5) is 0 Å². The lowest BCUT2D eigenvalue weighted by molar-refractivity contribution is -0.150. The van der Waals surface area contributed by atoms with Crippen LogP contribution >= 0.6 is 0 Å². The van der Waals surface area contributed by atoms with Crippen molar-refractivity contribution in [3.8, 4) is 11.5 Å². The number of hydrogen-bond donors (Lipinski definition) is 1. The lowest BCUT2D eigenvalue weighted by Crippen LogP contribution is -2.34. The van der Waals surface area contributed by atoms with Crippen LogP contribution in [0.1, 0.15) is 43.4 Å². The van der Waals surface area contributed by atoms with Crippen molar-refractivity contribution < 1.29 is 23.8 Å². The summed E-state index contributed by atoms with van der Waals surface area (Å²) in [7, 11) is 0. The SMILES string of the molecule is CCCOc1ccccc1OCC(=O)OCC(=O)N[C@H]1CCCc2ccccc21. The maximum absolute atomic E-state index is 12.2. The van der Waals surface area contributed by atoms with E-state index in [1.807, 2.05) is 31.2 Å². The Bertz CT molecular complexity index is 836. The van der Waals surface area contributed by atoms with Gasteiger partial charge in [0.05, 0.1) is 12.6 Å². The fraction of sp³-hybridized carbons (Fsp3) is 0.391. The topological polar surface area (TPSA) is 73.9 Å². The molecule has 0 aliphatic heterocycles. The van der Waals surface area contributed by atoms with E-state index in [0.717, 1.165) is 31.2 Å². The van der Waals surface area contributed by atoms with Gasteiger partial charge >= 0.3 is 5.97 Å². The highest BCUT2D eigenvalue weighted by Gasteiger charge is 2.21. The van der Waals surface area contributed by atoms with Gasteiger partial charge in [-0.25, -0.2) is 4.79 Å². The van der Waals surface area contributed by atoms with Crippen molar-refractivity contribution in [3.63, 3.8) is 0 Å². The van der Waals surface area contributed by atoms with E-state index in [-0.39, 0.29) is 25.2 Å². The highest BCUT2D eigenvalue weighted by molar-refractivity contribution is 5.81. The Labute approximate surface area is 171 Å². The Morgan fingerprint density at radius 2 is 1.72 bits per heavy atom. The average Bonchev–Trinajstić information content (AvgIpc) is 2.75. The summed E-state index contributed by atoms with van der Waals surface area (Å²) < 4.78 is 16.1. The number of carbonyl (C=O) groups is 2. The fourth-order valence-electron chi connectivity index (χ4n) is 3.36. The third kappa shape index (κ3) is 5.98. The van der Waals surface area contributed by atoms with Crippen LogP contribution in [-0.2, 0) is 20.7 Å². The number of amides is 1. The average molecular weight is 397 g/mol. The van der Waals surface area contributed by atoms with Crippen LogP contribution in [0, 0.1) is 0 Å². The molecule has 0 unspecified atom stereocenters. The van der Waals surface area contributed by atoms with Gasteiger partial charge in [-0.15, -0.1) is 0 Å². The predicted molar refractivity (Wildman–Crippen MR) is 109 cm³/mol. The van der Waals surface area contributed by atoms with E-state index in [1.54, 1.807) is 18.2 Å². The zero-order chi connectivity index (χ0) is 20.5. The van der Waals surface area contributed by atoms with Gasteiger partial charge < -0.3 is 19.5 Å². The van der Waals surface area contributed by atoms with Crippen molar-refractivity contribution in [2.45, 2.75) is 38.6 Å². The molecule has 0 bridgehead atoms. The van der Waals surface area contributed by atoms with Crippen molar-refractivity contribution in [1.82, 2.24) is 5.32 Å². The maximum Gasteiger partial charge on any atom is 0.344 e. The van der Waals surface area contributed by atoms with Gasteiger partial charge in [0.1, 0.15) is 0 Å². The van der Waals surface area contributed by atoms with Crippen molar-refractivity contribution in [2.75, 3.05) is 19.8 Å². The largest absolute Gasteiger partial charge is 0.490 e. The molecule has 0 fully saturated rings. The first-order valence-electron chi connectivity index (χ1n) is 10.0. The van der Waals surface area contributed by atoms with Crippen LogP contribution in [0.2, 0.25) is 0 Å². The Kier molecular flexibility index (Phi) is 7.50. The van der Waals surface area contributed by atoms with Gasteiger partial charge in [-0.2, -0.15) is 0 Å². The molecular weight excluding hydrogens is 370 g/mol. The number of ether oxygens (including phenoxy) is 3. The van der Waals surface area contributed by atoms with Crippen LogP contribution in [0.25, 0.3) is 0 Å². The van der Waals surface area contributed by atoms with Crippen molar-refractivity contribution >= 4 is 11.9 Å². The standard InChI is InChI=1S/C23H27NO5/c1-2-14-27-20-12-5-6-13-21(20)28-16-23(26)29-15-22(25)24-19-11-7-9-17-8-3-4-10-18(17)19/h3-6,8,10,12-13,19H,2,7,9,11,14-16H2,1H3,(H,24,25)/t19-/m0/s1. The molecule has 0 spiro atoms. The van der Waals surface area contributed by atoms with Gasteiger partial charge in [0.2, 0.25) is 0 Å². The smallest absolute Gasteiger partial charge is 0.344 e. The summed E-state index contributed by atoms with van der Waals surface area (Å²) in [5.41, 5.74) is 2.41. The minimum atomic E-state index is -0.602. The first-order chi connectivity index (χ1) is 14.2. The molecule has 1 aliphatic rings. The second-order valence-electron chi connectivity index (χ2n) is 6.96. The number of para-hydroxylation sites is 2. The van der Waals surface area contributed by atoms with Gasteiger partial charge in [0, 0.05) is 0 Å². The summed E-state index contributed by atoms with van der Waals surface area (Å²) in [6, 6.07) is 15.2. The lowest BCUT2D eigenvalue weighted by atomic mass is 9.88. The van der Waals surface area contributed by atoms with Crippen LogP contribution in [-0.4, -0.2) is 31.7 Å². The molecule has 2 aromatic rings. The number of hydrogen-bond acceptors (Lipinski definition) is 5. The van der Waals surface area contributed by atoms with Gasteiger partial charge in [0.15, 0.2) is 24.7 Å². The summed E-state index contributed by atoms with van der Waals surface area (Å²) in [5, 5.41) is 2.96. The van der Waals surface area contributed by atoms with Crippen LogP contribution < -0.4 is 14.8 Å². The molecule has 0 heterocycles. The molecule has 1 amide bonds. The van der Waals surface area contributed by atoms with Crippen molar-refractivity contribution in [2.24, 2.45) is 0 Å². The van der Waals surface area contributed by atoms with Crippen LogP contribution in [0.5, 0.6) is 11.5 Å². The van der Waals surface area contributed by atoms with Crippen LogP contribution in [0.3, 0.4) is 0 Å². The Hall–Kier alpha value is -3.02. The van der Waals surface area contributed by atoms with Gasteiger partial charge in [-0.05, 0) is 48.9 Å². The van der Waals surface area contributed by atoms with E-state index >= 15 is 0 Å². The molecule has 1 N–H and O–H groups in total. The third-order valence-corrected chi connectivity index (χ3v) is 4.73. The molecule has 0 saturated heterocycles. The molecule has 1 atom stereocenters. The number of aryl methyl sites for hydroxylation is 1. The monoisotopic (exact) mass is 397 g/mol. The van der Waals surface area contributed by atoms with E-state index in [1.165, 1.54) is 5.56 Å². The quantitative estimate of drug-likeness (QED) is 0.655. The minimum absolute atomic E-state index is 0.0370. The highest BCUT2D eigenvalue weighted by atomic mass is 16.6. The normalized spacial score (nSPS) is 15.1. The Morgan fingerprint density at radius 3 is 2.52 bits per heavy atom. The summed E-state index contributed by atoms with van der Waals surface area (Å²) in [6.07, 6.45) is 3.80.